The molecular formula is C23H19N3O2S. The summed E-state index contributed by atoms with van der Waals surface area (Å²) in [5.74, 6) is -0.0108. The molecule has 3 aromatic carbocycles. The predicted molar refractivity (Wildman–Crippen MR) is 116 cm³/mol. The number of hydrogen-bond donors (Lipinski definition) is 0. The van der Waals surface area contributed by atoms with Gasteiger partial charge >= 0.3 is 0 Å². The van der Waals surface area contributed by atoms with Gasteiger partial charge in [-0.05, 0) is 29.8 Å². The molecule has 0 N–H and O–H groups in total. The fourth-order valence-corrected chi connectivity index (χ4v) is 3.99. The van der Waals surface area contributed by atoms with Crippen LogP contribution in [-0.2, 0) is 5.75 Å². The van der Waals surface area contributed by atoms with Gasteiger partial charge in [-0.2, -0.15) is 5.01 Å². The lowest BCUT2D eigenvalue weighted by Crippen LogP contribution is -2.46. The van der Waals surface area contributed by atoms with Crippen LogP contribution < -0.4 is 0 Å². The van der Waals surface area contributed by atoms with Crippen LogP contribution in [0.5, 0.6) is 0 Å². The zero-order valence-electron chi connectivity index (χ0n) is 15.9. The topological polar surface area (TPSA) is 53.0 Å². The van der Waals surface area contributed by atoms with Crippen molar-refractivity contribution in [3.8, 4) is 0 Å². The van der Waals surface area contributed by atoms with Crippen LogP contribution in [0, 0.1) is 0 Å². The first kappa shape index (κ1) is 19.0. The Kier molecular flexibility index (Phi) is 5.44. The van der Waals surface area contributed by atoms with Crippen LogP contribution in [0.25, 0.3) is 0 Å². The third-order valence-electron chi connectivity index (χ3n) is 4.54. The number of nitrogens with zero attached hydrogens (tertiary/aromatic N) is 3. The maximum atomic E-state index is 12.9. The van der Waals surface area contributed by atoms with Crippen LogP contribution in [0.4, 0.5) is 5.69 Å². The predicted octanol–water partition coefficient (Wildman–Crippen LogP) is 4.75. The molecule has 1 aliphatic heterocycles. The smallest absolute Gasteiger partial charge is 0.267 e. The normalized spacial score (nSPS) is 13.6. The van der Waals surface area contributed by atoms with E-state index in [2.05, 4.69) is 0 Å². The molecule has 1 heterocycles. The van der Waals surface area contributed by atoms with E-state index in [0.29, 0.717) is 22.0 Å². The Labute approximate surface area is 173 Å². The number of amidine groups is 1. The van der Waals surface area contributed by atoms with E-state index in [0.717, 1.165) is 16.3 Å². The number of hydrogen-bond acceptors (Lipinski definition) is 4. The van der Waals surface area contributed by atoms with Crippen molar-refractivity contribution in [2.75, 3.05) is 7.05 Å². The van der Waals surface area contributed by atoms with Gasteiger partial charge < -0.3 is 0 Å². The molecule has 5 nitrogen and oxygen atoms in total. The summed E-state index contributed by atoms with van der Waals surface area (Å²) in [4.78, 5) is 30.5. The maximum absolute atomic E-state index is 12.9. The monoisotopic (exact) mass is 401 g/mol. The SMILES string of the molecule is CN(C(=Nc1ccccc1)SCc1ccccc1)N1C(=O)c2ccccc2C1=O. The maximum Gasteiger partial charge on any atom is 0.280 e. The lowest BCUT2D eigenvalue weighted by molar-refractivity contribution is 0.0369. The van der Waals surface area contributed by atoms with E-state index < -0.39 is 0 Å². The Balaban J connectivity index is 1.65. The van der Waals surface area contributed by atoms with Gasteiger partial charge in [-0.3, -0.25) is 14.6 Å². The highest BCUT2D eigenvalue weighted by molar-refractivity contribution is 8.13. The molecule has 0 spiro atoms. The van der Waals surface area contributed by atoms with E-state index in [1.807, 2.05) is 60.7 Å². The molecule has 0 bridgehead atoms. The van der Waals surface area contributed by atoms with Crippen molar-refractivity contribution in [1.82, 2.24) is 10.0 Å². The number of para-hydroxylation sites is 1. The summed E-state index contributed by atoms with van der Waals surface area (Å²) >= 11 is 1.48. The number of hydrazine groups is 1. The van der Waals surface area contributed by atoms with Gasteiger partial charge in [-0.15, -0.1) is 0 Å². The Bertz CT molecular complexity index is 1030. The van der Waals surface area contributed by atoms with E-state index in [1.165, 1.54) is 11.8 Å². The minimum atomic E-state index is -0.339. The molecule has 2 amide bonds. The summed E-state index contributed by atoms with van der Waals surface area (Å²) in [5.41, 5.74) is 2.72. The zero-order chi connectivity index (χ0) is 20.2. The lowest BCUT2D eigenvalue weighted by atomic mass is 10.1. The quantitative estimate of drug-likeness (QED) is 0.360. The van der Waals surface area contributed by atoms with Crippen LogP contribution in [0.1, 0.15) is 26.3 Å². The Morgan fingerprint density at radius 3 is 1.93 bits per heavy atom. The summed E-state index contributed by atoms with van der Waals surface area (Å²) in [6, 6.07) is 26.4. The van der Waals surface area contributed by atoms with E-state index in [4.69, 9.17) is 4.99 Å². The number of carbonyl (C=O) groups is 2. The minimum Gasteiger partial charge on any atom is -0.267 e. The summed E-state index contributed by atoms with van der Waals surface area (Å²) < 4.78 is 0. The summed E-state index contributed by atoms with van der Waals surface area (Å²) in [6.07, 6.45) is 0. The van der Waals surface area contributed by atoms with Crippen molar-refractivity contribution in [3.63, 3.8) is 0 Å². The largest absolute Gasteiger partial charge is 0.280 e. The van der Waals surface area contributed by atoms with Crippen LogP contribution in [-0.4, -0.2) is 34.0 Å². The van der Waals surface area contributed by atoms with Crippen LogP contribution in [0.15, 0.2) is 89.9 Å². The molecule has 1 aliphatic rings. The Hall–Kier alpha value is -3.38. The van der Waals surface area contributed by atoms with E-state index in [1.54, 1.807) is 36.3 Å². The minimum absolute atomic E-state index is 0.339. The van der Waals surface area contributed by atoms with Crippen molar-refractivity contribution in [1.29, 1.82) is 0 Å². The number of fused-ring (bicyclic) bond motifs is 1. The Morgan fingerprint density at radius 1 is 0.828 bits per heavy atom. The summed E-state index contributed by atoms with van der Waals surface area (Å²) in [7, 11) is 1.70. The van der Waals surface area contributed by atoms with Gasteiger partial charge in [0.25, 0.3) is 11.8 Å². The average Bonchev–Trinajstić information content (AvgIpc) is 3.02. The molecular weight excluding hydrogens is 382 g/mol. The van der Waals surface area contributed by atoms with Gasteiger partial charge in [0.05, 0.1) is 16.8 Å². The van der Waals surface area contributed by atoms with Gasteiger partial charge in [0.15, 0.2) is 5.17 Å². The fourth-order valence-electron chi connectivity index (χ4n) is 3.07. The van der Waals surface area contributed by atoms with Crippen molar-refractivity contribution >= 4 is 34.4 Å². The van der Waals surface area contributed by atoms with Gasteiger partial charge in [0.2, 0.25) is 0 Å². The number of rotatable bonds is 4. The second kappa shape index (κ2) is 8.32. The zero-order valence-corrected chi connectivity index (χ0v) is 16.7. The molecule has 0 aromatic heterocycles. The fraction of sp³-hybridized carbons (Fsp3) is 0.0870. The van der Waals surface area contributed by atoms with Crippen molar-refractivity contribution < 1.29 is 9.59 Å². The van der Waals surface area contributed by atoms with Gasteiger partial charge in [0.1, 0.15) is 0 Å². The van der Waals surface area contributed by atoms with Crippen molar-refractivity contribution in [3.05, 3.63) is 102 Å². The molecule has 0 fully saturated rings. The molecule has 0 radical (unpaired) electrons. The highest BCUT2D eigenvalue weighted by Gasteiger charge is 2.39. The number of benzene rings is 3. The third kappa shape index (κ3) is 3.93. The first-order valence-corrected chi connectivity index (χ1v) is 10.2. The summed E-state index contributed by atoms with van der Waals surface area (Å²) in [6.45, 7) is 0. The number of thioether (sulfide) groups is 1. The molecule has 3 aromatic rings. The third-order valence-corrected chi connectivity index (χ3v) is 5.63. The molecule has 6 heteroatoms. The van der Waals surface area contributed by atoms with E-state index in [-0.39, 0.29) is 11.8 Å². The lowest BCUT2D eigenvalue weighted by Gasteiger charge is -2.28. The standard InChI is InChI=1S/C23H19N3O2S/c1-25(26-21(27)19-14-8-9-15-20(19)22(26)28)23(24-18-12-6-3-7-13-18)29-16-17-10-4-2-5-11-17/h2-15H,16H2,1H3. The van der Waals surface area contributed by atoms with Crippen LogP contribution >= 0.6 is 11.8 Å². The number of amides is 2. The highest BCUT2D eigenvalue weighted by Crippen LogP contribution is 2.27. The molecule has 29 heavy (non-hydrogen) atoms. The van der Waals surface area contributed by atoms with E-state index in [9.17, 15) is 9.59 Å². The van der Waals surface area contributed by atoms with Gasteiger partial charge in [-0.1, -0.05) is 72.4 Å². The number of carbonyl (C=O) groups excluding carboxylic acids is 2. The highest BCUT2D eigenvalue weighted by atomic mass is 32.2. The molecule has 144 valence electrons. The molecule has 0 unspecified atom stereocenters. The van der Waals surface area contributed by atoms with Crippen molar-refractivity contribution in [2.45, 2.75) is 5.75 Å². The molecule has 0 atom stereocenters. The summed E-state index contributed by atoms with van der Waals surface area (Å²) in [5, 5.41) is 3.27. The van der Waals surface area contributed by atoms with Crippen molar-refractivity contribution in [2.24, 2.45) is 4.99 Å². The Morgan fingerprint density at radius 2 is 1.34 bits per heavy atom. The van der Waals surface area contributed by atoms with E-state index >= 15 is 0 Å². The van der Waals surface area contributed by atoms with Crippen LogP contribution in [0.2, 0.25) is 0 Å². The molecule has 4 rings (SSSR count). The first-order valence-electron chi connectivity index (χ1n) is 9.17. The second-order valence-corrected chi connectivity index (χ2v) is 7.44. The first-order chi connectivity index (χ1) is 14.1. The molecule has 0 saturated heterocycles. The number of aliphatic imine (C=N–C) groups is 1. The average molecular weight is 401 g/mol. The molecule has 0 aliphatic carbocycles. The molecule has 0 saturated carbocycles. The van der Waals surface area contributed by atoms with Gasteiger partial charge in [0, 0.05) is 12.8 Å². The van der Waals surface area contributed by atoms with Crippen LogP contribution in [0.3, 0.4) is 0 Å². The number of imide groups is 1. The van der Waals surface area contributed by atoms with Gasteiger partial charge in [-0.25, -0.2) is 4.99 Å². The second-order valence-electron chi connectivity index (χ2n) is 6.50.